The lowest BCUT2D eigenvalue weighted by atomic mass is 10.1. The molecule has 5 rings (SSSR count). The van der Waals surface area contributed by atoms with E-state index >= 15 is 0 Å². The van der Waals surface area contributed by atoms with E-state index in [1.165, 1.54) is 5.56 Å². The summed E-state index contributed by atoms with van der Waals surface area (Å²) in [5.41, 5.74) is 4.37. The molecule has 4 aromatic heterocycles. The van der Waals surface area contributed by atoms with Crippen molar-refractivity contribution >= 4 is 5.65 Å². The van der Waals surface area contributed by atoms with Crippen LogP contribution in [0.5, 0.6) is 0 Å². The number of pyridine rings is 3. The zero-order valence-electron chi connectivity index (χ0n) is 14.9. The summed E-state index contributed by atoms with van der Waals surface area (Å²) in [5.74, 6) is 1.32. The molecule has 0 spiro atoms. The first-order valence-electron chi connectivity index (χ1n) is 9.23. The molecule has 134 valence electrons. The summed E-state index contributed by atoms with van der Waals surface area (Å²) in [6, 6.07) is 12.3. The number of nitrogens with zero attached hydrogens (tertiary/aromatic N) is 6. The molecule has 0 amide bonds. The maximum atomic E-state index is 4.77. The molecule has 0 saturated carbocycles. The molecule has 5 heterocycles. The van der Waals surface area contributed by atoms with E-state index in [0.717, 1.165) is 48.7 Å². The Kier molecular flexibility index (Phi) is 4.10. The van der Waals surface area contributed by atoms with Crippen molar-refractivity contribution in [1.29, 1.82) is 0 Å². The van der Waals surface area contributed by atoms with Crippen molar-refractivity contribution in [3.8, 4) is 11.1 Å². The fourth-order valence-corrected chi connectivity index (χ4v) is 3.71. The second-order valence-corrected chi connectivity index (χ2v) is 7.01. The van der Waals surface area contributed by atoms with Crippen LogP contribution in [0.4, 0.5) is 0 Å². The van der Waals surface area contributed by atoms with Crippen LogP contribution in [0.1, 0.15) is 23.7 Å². The lowest BCUT2D eigenvalue weighted by Gasteiger charge is -2.14. The Balaban J connectivity index is 1.35. The van der Waals surface area contributed by atoms with Gasteiger partial charge in [-0.15, -0.1) is 0 Å². The molecule has 1 atom stereocenters. The molecular weight excluding hydrogens is 336 g/mol. The fraction of sp³-hybridized carbons (Fsp3) is 0.238. The molecule has 0 N–H and O–H groups in total. The molecule has 6 nitrogen and oxygen atoms in total. The van der Waals surface area contributed by atoms with Crippen molar-refractivity contribution < 1.29 is 0 Å². The molecule has 1 aliphatic heterocycles. The predicted octanol–water partition coefficient (Wildman–Crippen LogP) is 3.18. The Hall–Kier alpha value is -3.12. The van der Waals surface area contributed by atoms with Gasteiger partial charge < -0.3 is 0 Å². The van der Waals surface area contributed by atoms with Gasteiger partial charge in [0, 0.05) is 61.1 Å². The number of rotatable bonds is 4. The highest BCUT2D eigenvalue weighted by atomic mass is 15.3. The molecular formula is C21H20N6. The monoisotopic (exact) mass is 356 g/mol. The summed E-state index contributed by atoms with van der Waals surface area (Å²) in [5, 5.41) is 4.77. The molecule has 4 aromatic rings. The molecule has 0 unspecified atom stereocenters. The van der Waals surface area contributed by atoms with Crippen LogP contribution >= 0.6 is 0 Å². The molecule has 0 radical (unpaired) electrons. The normalized spacial score (nSPS) is 17.6. The molecule has 1 fully saturated rings. The van der Waals surface area contributed by atoms with Gasteiger partial charge in [0.15, 0.2) is 11.5 Å². The highest BCUT2D eigenvalue weighted by Crippen LogP contribution is 2.27. The van der Waals surface area contributed by atoms with Crippen LogP contribution in [0.25, 0.3) is 16.8 Å². The maximum absolute atomic E-state index is 4.77. The van der Waals surface area contributed by atoms with Crippen LogP contribution in [0.2, 0.25) is 0 Å². The summed E-state index contributed by atoms with van der Waals surface area (Å²) in [6.45, 7) is 3.02. The van der Waals surface area contributed by atoms with Crippen LogP contribution < -0.4 is 0 Å². The summed E-state index contributed by atoms with van der Waals surface area (Å²) < 4.78 is 1.89. The van der Waals surface area contributed by atoms with E-state index in [1.807, 2.05) is 41.4 Å². The average Bonchev–Trinajstić information content (AvgIpc) is 3.35. The van der Waals surface area contributed by atoms with Gasteiger partial charge in [-0.1, -0.05) is 6.07 Å². The number of fused-ring (bicyclic) bond motifs is 1. The third-order valence-corrected chi connectivity index (χ3v) is 5.14. The first kappa shape index (κ1) is 16.1. The van der Waals surface area contributed by atoms with Crippen LogP contribution in [-0.2, 0) is 6.54 Å². The van der Waals surface area contributed by atoms with Gasteiger partial charge in [-0.2, -0.15) is 5.10 Å². The van der Waals surface area contributed by atoms with E-state index < -0.39 is 0 Å². The predicted molar refractivity (Wildman–Crippen MR) is 103 cm³/mol. The minimum absolute atomic E-state index is 0.383. The molecule has 0 aliphatic carbocycles. The second kappa shape index (κ2) is 6.89. The number of likely N-dealkylation sites (tertiary alicyclic amines) is 1. The molecule has 6 heteroatoms. The Bertz CT molecular complexity index is 1040. The SMILES string of the molecule is c1cncc(-c2ccc3nc([C@H]4CCN(Cc5ccncc5)C4)nn3c2)c1. The van der Waals surface area contributed by atoms with Crippen LogP contribution in [0, 0.1) is 0 Å². The van der Waals surface area contributed by atoms with Crippen molar-refractivity contribution in [3.05, 3.63) is 78.8 Å². The van der Waals surface area contributed by atoms with E-state index in [9.17, 15) is 0 Å². The molecule has 27 heavy (non-hydrogen) atoms. The third kappa shape index (κ3) is 3.31. The smallest absolute Gasteiger partial charge is 0.156 e. The number of aromatic nitrogens is 5. The quantitative estimate of drug-likeness (QED) is 0.562. The Morgan fingerprint density at radius 2 is 1.89 bits per heavy atom. The van der Waals surface area contributed by atoms with Gasteiger partial charge in [-0.3, -0.25) is 14.9 Å². The summed E-state index contributed by atoms with van der Waals surface area (Å²) in [6.07, 6.45) is 10.5. The first-order chi connectivity index (χ1) is 13.3. The van der Waals surface area contributed by atoms with Gasteiger partial charge in [0.2, 0.25) is 0 Å². The molecule has 1 saturated heterocycles. The van der Waals surface area contributed by atoms with E-state index in [4.69, 9.17) is 10.1 Å². The minimum atomic E-state index is 0.383. The third-order valence-electron chi connectivity index (χ3n) is 5.14. The topological polar surface area (TPSA) is 59.2 Å². The van der Waals surface area contributed by atoms with Gasteiger partial charge in [-0.25, -0.2) is 9.50 Å². The van der Waals surface area contributed by atoms with Gasteiger partial charge in [0.05, 0.1) is 0 Å². The Morgan fingerprint density at radius 3 is 2.74 bits per heavy atom. The van der Waals surface area contributed by atoms with Gasteiger partial charge in [-0.05, 0) is 48.9 Å². The zero-order valence-corrected chi connectivity index (χ0v) is 14.9. The lowest BCUT2D eigenvalue weighted by Crippen LogP contribution is -2.20. The van der Waals surface area contributed by atoms with Gasteiger partial charge >= 0.3 is 0 Å². The highest BCUT2D eigenvalue weighted by molar-refractivity contribution is 5.63. The van der Waals surface area contributed by atoms with Crippen molar-refractivity contribution in [2.75, 3.05) is 13.1 Å². The van der Waals surface area contributed by atoms with Crippen molar-refractivity contribution in [2.45, 2.75) is 18.9 Å². The van der Waals surface area contributed by atoms with Crippen molar-refractivity contribution in [2.24, 2.45) is 0 Å². The van der Waals surface area contributed by atoms with Crippen molar-refractivity contribution in [3.63, 3.8) is 0 Å². The summed E-state index contributed by atoms with van der Waals surface area (Å²) in [7, 11) is 0. The maximum Gasteiger partial charge on any atom is 0.156 e. The lowest BCUT2D eigenvalue weighted by molar-refractivity contribution is 0.325. The Morgan fingerprint density at radius 1 is 0.963 bits per heavy atom. The minimum Gasteiger partial charge on any atom is -0.298 e. The standard InChI is InChI=1S/C21H20N6/c1-2-17(12-23-8-1)18-3-4-20-24-21(25-27(20)15-18)19-7-11-26(14-19)13-16-5-9-22-10-6-16/h1-6,8-10,12,15,19H,7,11,13-14H2/t19-/m0/s1. The highest BCUT2D eigenvalue weighted by Gasteiger charge is 2.27. The summed E-state index contributed by atoms with van der Waals surface area (Å²) >= 11 is 0. The van der Waals surface area contributed by atoms with E-state index in [2.05, 4.69) is 39.1 Å². The van der Waals surface area contributed by atoms with Crippen LogP contribution in [0.15, 0.2) is 67.4 Å². The largest absolute Gasteiger partial charge is 0.298 e. The summed E-state index contributed by atoms with van der Waals surface area (Å²) in [4.78, 5) is 15.5. The van der Waals surface area contributed by atoms with Crippen LogP contribution in [-0.4, -0.2) is 42.6 Å². The fourth-order valence-electron chi connectivity index (χ4n) is 3.71. The molecule has 0 bridgehead atoms. The second-order valence-electron chi connectivity index (χ2n) is 7.01. The van der Waals surface area contributed by atoms with Gasteiger partial charge in [0.25, 0.3) is 0 Å². The van der Waals surface area contributed by atoms with Gasteiger partial charge in [0.1, 0.15) is 0 Å². The average molecular weight is 356 g/mol. The zero-order chi connectivity index (χ0) is 18.1. The van der Waals surface area contributed by atoms with E-state index in [-0.39, 0.29) is 0 Å². The van der Waals surface area contributed by atoms with E-state index in [0.29, 0.717) is 5.92 Å². The van der Waals surface area contributed by atoms with E-state index in [1.54, 1.807) is 6.20 Å². The molecule has 0 aromatic carbocycles. The van der Waals surface area contributed by atoms with Crippen LogP contribution in [0.3, 0.4) is 0 Å². The first-order valence-corrected chi connectivity index (χ1v) is 9.23. The number of hydrogen-bond acceptors (Lipinski definition) is 5. The number of hydrogen-bond donors (Lipinski definition) is 0. The molecule has 1 aliphatic rings. The van der Waals surface area contributed by atoms with Crippen molar-refractivity contribution in [1.82, 2.24) is 29.5 Å². The Labute approximate surface area is 157 Å².